The van der Waals surface area contributed by atoms with Crippen LogP contribution < -0.4 is 5.32 Å². The molecule has 0 aliphatic heterocycles. The van der Waals surface area contributed by atoms with Crippen molar-refractivity contribution in [2.75, 3.05) is 20.2 Å². The van der Waals surface area contributed by atoms with Crippen molar-refractivity contribution in [3.8, 4) is 0 Å². The highest BCUT2D eigenvalue weighted by Gasteiger charge is 2.20. The number of likely N-dealkylation sites (N-methyl/N-ethyl adjacent to an activating group) is 1. The molecule has 1 unspecified atom stereocenters. The zero-order chi connectivity index (χ0) is 14.3. The number of aryl methyl sites for hydroxylation is 1. The Balaban J connectivity index is 2.68. The van der Waals surface area contributed by atoms with Gasteiger partial charge in [-0.2, -0.15) is 0 Å². The van der Waals surface area contributed by atoms with E-state index in [2.05, 4.69) is 57.3 Å². The molecule has 0 fully saturated rings. The second-order valence-corrected chi connectivity index (χ2v) is 5.92. The second-order valence-electron chi connectivity index (χ2n) is 5.92. The molecule has 1 aromatic rings. The number of nitrogens with one attached hydrogen (secondary N) is 1. The lowest BCUT2D eigenvalue weighted by Gasteiger charge is -2.26. The van der Waals surface area contributed by atoms with Crippen molar-refractivity contribution in [2.24, 2.45) is 0 Å². The molecule has 1 rings (SSSR count). The maximum atomic E-state index is 5.53. The van der Waals surface area contributed by atoms with E-state index in [1.54, 1.807) is 7.11 Å². The summed E-state index contributed by atoms with van der Waals surface area (Å²) < 4.78 is 5.53. The van der Waals surface area contributed by atoms with Gasteiger partial charge in [-0.1, -0.05) is 36.8 Å². The second kappa shape index (κ2) is 7.66. The lowest BCUT2D eigenvalue weighted by Crippen LogP contribution is -2.26. The smallest absolute Gasteiger partial charge is 0.0623 e. The van der Waals surface area contributed by atoms with E-state index < -0.39 is 0 Å². The van der Waals surface area contributed by atoms with Crippen LogP contribution in [0.2, 0.25) is 0 Å². The summed E-state index contributed by atoms with van der Waals surface area (Å²) in [5.74, 6) is 0.565. The van der Waals surface area contributed by atoms with Crippen LogP contribution in [0, 0.1) is 6.92 Å². The number of methoxy groups -OCH3 is 1. The number of hydrogen-bond acceptors (Lipinski definition) is 2. The predicted molar refractivity (Wildman–Crippen MR) is 82.8 cm³/mol. The molecule has 1 atom stereocenters. The molecule has 0 aromatic heterocycles. The van der Waals surface area contributed by atoms with Gasteiger partial charge in [-0.05, 0) is 51.6 Å². The van der Waals surface area contributed by atoms with Gasteiger partial charge in [0.1, 0.15) is 0 Å². The summed E-state index contributed by atoms with van der Waals surface area (Å²) in [5.41, 5.74) is 2.72. The molecule has 0 heterocycles. The zero-order valence-electron chi connectivity index (χ0n) is 13.1. The van der Waals surface area contributed by atoms with Gasteiger partial charge in [0.25, 0.3) is 0 Å². The maximum absolute atomic E-state index is 5.53. The first-order valence-corrected chi connectivity index (χ1v) is 7.31. The third kappa shape index (κ3) is 5.75. The zero-order valence-corrected chi connectivity index (χ0v) is 13.1. The van der Waals surface area contributed by atoms with Crippen LogP contribution in [0.3, 0.4) is 0 Å². The fourth-order valence-electron chi connectivity index (χ4n) is 2.17. The predicted octanol–water partition coefficient (Wildman–Crippen LogP) is 3.89. The van der Waals surface area contributed by atoms with Crippen molar-refractivity contribution in [3.05, 3.63) is 35.4 Å². The molecule has 1 N–H and O–H groups in total. The quantitative estimate of drug-likeness (QED) is 0.768. The lowest BCUT2D eigenvalue weighted by atomic mass is 9.89. The molecule has 2 nitrogen and oxygen atoms in total. The van der Waals surface area contributed by atoms with E-state index in [0.29, 0.717) is 5.92 Å². The summed E-state index contributed by atoms with van der Waals surface area (Å²) in [5, 5.41) is 3.47. The average molecular weight is 263 g/mol. The Morgan fingerprint density at radius 2 is 1.84 bits per heavy atom. The van der Waals surface area contributed by atoms with Crippen LogP contribution in [0.5, 0.6) is 0 Å². The van der Waals surface area contributed by atoms with Crippen LogP contribution in [0.15, 0.2) is 24.3 Å². The Hall–Kier alpha value is -0.860. The summed E-state index contributed by atoms with van der Waals surface area (Å²) >= 11 is 0. The molecule has 0 spiro atoms. The molecule has 108 valence electrons. The van der Waals surface area contributed by atoms with Gasteiger partial charge in [-0.15, -0.1) is 0 Å². The Bertz CT molecular complexity index is 356. The molecule has 0 aliphatic carbocycles. The highest BCUT2D eigenvalue weighted by Crippen LogP contribution is 2.26. The monoisotopic (exact) mass is 263 g/mol. The largest absolute Gasteiger partial charge is 0.379 e. The van der Waals surface area contributed by atoms with E-state index in [1.165, 1.54) is 11.1 Å². The first kappa shape index (κ1) is 16.2. The molecular formula is C17H29NO. The first-order chi connectivity index (χ1) is 8.98. The fourth-order valence-corrected chi connectivity index (χ4v) is 2.17. The van der Waals surface area contributed by atoms with E-state index >= 15 is 0 Å². The van der Waals surface area contributed by atoms with Gasteiger partial charge in [-0.25, -0.2) is 0 Å². The van der Waals surface area contributed by atoms with Gasteiger partial charge in [-0.3, -0.25) is 0 Å². The van der Waals surface area contributed by atoms with Gasteiger partial charge in [0, 0.05) is 13.7 Å². The topological polar surface area (TPSA) is 21.3 Å². The van der Waals surface area contributed by atoms with Gasteiger partial charge < -0.3 is 10.1 Å². The lowest BCUT2D eigenvalue weighted by molar-refractivity contribution is 0.0124. The molecule has 19 heavy (non-hydrogen) atoms. The number of benzene rings is 1. The minimum atomic E-state index is -0.0326. The number of ether oxygens (including phenoxy) is 1. The normalized spacial score (nSPS) is 13.5. The molecule has 0 amide bonds. The van der Waals surface area contributed by atoms with Gasteiger partial charge in [0.2, 0.25) is 0 Å². The standard InChI is InChI=1S/C17H29NO/c1-6-18-13-16(11-12-17(3,4)19-5)15-9-7-14(2)8-10-15/h7-10,16,18H,6,11-13H2,1-5H3. The van der Waals surface area contributed by atoms with E-state index in [9.17, 15) is 0 Å². The Morgan fingerprint density at radius 3 is 2.37 bits per heavy atom. The molecule has 0 bridgehead atoms. The van der Waals surface area contributed by atoms with Crippen LogP contribution >= 0.6 is 0 Å². The van der Waals surface area contributed by atoms with Crippen LogP contribution in [0.4, 0.5) is 0 Å². The molecule has 0 aliphatic rings. The van der Waals surface area contributed by atoms with Crippen LogP contribution in [0.1, 0.15) is 50.7 Å². The van der Waals surface area contributed by atoms with E-state index in [0.717, 1.165) is 25.9 Å². The Labute approximate surface area is 118 Å². The Kier molecular flexibility index (Phi) is 6.53. The minimum Gasteiger partial charge on any atom is -0.379 e. The van der Waals surface area contributed by atoms with Crippen molar-refractivity contribution in [1.82, 2.24) is 5.32 Å². The van der Waals surface area contributed by atoms with Gasteiger partial charge in [0.15, 0.2) is 0 Å². The minimum absolute atomic E-state index is 0.0326. The van der Waals surface area contributed by atoms with Crippen LogP contribution in [-0.4, -0.2) is 25.8 Å². The third-order valence-electron chi connectivity index (χ3n) is 3.84. The molecule has 2 heteroatoms. The molecular weight excluding hydrogens is 234 g/mol. The first-order valence-electron chi connectivity index (χ1n) is 7.31. The average Bonchev–Trinajstić information content (AvgIpc) is 2.40. The van der Waals surface area contributed by atoms with Crippen molar-refractivity contribution in [1.29, 1.82) is 0 Å². The van der Waals surface area contributed by atoms with Crippen molar-refractivity contribution < 1.29 is 4.74 Å². The molecule has 0 saturated carbocycles. The molecule has 0 saturated heterocycles. The summed E-state index contributed by atoms with van der Waals surface area (Å²) in [6.07, 6.45) is 2.23. The third-order valence-corrected chi connectivity index (χ3v) is 3.84. The highest BCUT2D eigenvalue weighted by molar-refractivity contribution is 5.24. The number of hydrogen-bond donors (Lipinski definition) is 1. The van der Waals surface area contributed by atoms with E-state index in [-0.39, 0.29) is 5.60 Å². The van der Waals surface area contributed by atoms with E-state index in [1.807, 2.05) is 0 Å². The highest BCUT2D eigenvalue weighted by atomic mass is 16.5. The van der Waals surface area contributed by atoms with Gasteiger partial charge >= 0.3 is 0 Å². The van der Waals surface area contributed by atoms with Crippen LogP contribution in [-0.2, 0) is 4.74 Å². The number of rotatable bonds is 8. The summed E-state index contributed by atoms with van der Waals surface area (Å²) in [7, 11) is 1.80. The fraction of sp³-hybridized carbons (Fsp3) is 0.647. The maximum Gasteiger partial charge on any atom is 0.0623 e. The summed E-state index contributed by atoms with van der Waals surface area (Å²) in [6, 6.07) is 8.93. The molecule has 1 aromatic carbocycles. The van der Waals surface area contributed by atoms with Crippen molar-refractivity contribution >= 4 is 0 Å². The Morgan fingerprint density at radius 1 is 1.21 bits per heavy atom. The van der Waals surface area contributed by atoms with Crippen molar-refractivity contribution in [3.63, 3.8) is 0 Å². The van der Waals surface area contributed by atoms with Crippen molar-refractivity contribution in [2.45, 2.75) is 52.1 Å². The van der Waals surface area contributed by atoms with Crippen LogP contribution in [0.25, 0.3) is 0 Å². The summed E-state index contributed by atoms with van der Waals surface area (Å²) in [4.78, 5) is 0. The summed E-state index contributed by atoms with van der Waals surface area (Å²) in [6.45, 7) is 10.7. The van der Waals surface area contributed by atoms with E-state index in [4.69, 9.17) is 4.74 Å². The van der Waals surface area contributed by atoms with Gasteiger partial charge in [0.05, 0.1) is 5.60 Å². The SMILES string of the molecule is CCNCC(CCC(C)(C)OC)c1ccc(C)cc1. The molecule has 0 radical (unpaired) electrons.